The average molecular weight is 462 g/mol. The zero-order chi connectivity index (χ0) is 23.0. The summed E-state index contributed by atoms with van der Waals surface area (Å²) in [6.07, 6.45) is 1.64. The molecule has 0 saturated carbocycles. The van der Waals surface area contributed by atoms with Gasteiger partial charge in [-0.3, -0.25) is 14.5 Å². The molecule has 1 atom stereocenters. The van der Waals surface area contributed by atoms with Crippen LogP contribution in [-0.4, -0.2) is 33.7 Å². The van der Waals surface area contributed by atoms with Gasteiger partial charge in [-0.1, -0.05) is 72.4 Å². The van der Waals surface area contributed by atoms with E-state index in [4.69, 9.17) is 0 Å². The van der Waals surface area contributed by atoms with E-state index in [2.05, 4.69) is 22.4 Å². The van der Waals surface area contributed by atoms with Crippen LogP contribution in [0.25, 0.3) is 0 Å². The number of carbonyl (C=O) groups is 2. The van der Waals surface area contributed by atoms with Crippen LogP contribution in [0.4, 0.5) is 15.8 Å². The van der Waals surface area contributed by atoms with E-state index in [-0.39, 0.29) is 18.0 Å². The summed E-state index contributed by atoms with van der Waals surface area (Å²) >= 11 is 1.24. The molecule has 1 unspecified atom stereocenters. The van der Waals surface area contributed by atoms with Crippen molar-refractivity contribution in [3.63, 3.8) is 0 Å². The lowest BCUT2D eigenvalue weighted by Crippen LogP contribution is -2.45. The summed E-state index contributed by atoms with van der Waals surface area (Å²) in [5, 5.41) is 2.40. The molecule has 0 aromatic heterocycles. The number of aliphatic imine (C=N–C) groups is 1. The van der Waals surface area contributed by atoms with Crippen molar-refractivity contribution in [2.24, 2.45) is 4.99 Å². The van der Waals surface area contributed by atoms with Crippen molar-refractivity contribution in [1.29, 1.82) is 0 Å². The number of carbonyl (C=O) groups excluding carboxylic acids is 2. The number of aryl methyl sites for hydroxylation is 1. The minimum atomic E-state index is -0.690. The number of hydrogen-bond acceptors (Lipinski definition) is 4. The Balaban J connectivity index is 1.50. The molecule has 33 heavy (non-hydrogen) atoms. The van der Waals surface area contributed by atoms with Gasteiger partial charge >= 0.3 is 0 Å². The van der Waals surface area contributed by atoms with Gasteiger partial charge in [-0.2, -0.15) is 0 Å². The molecule has 4 rings (SSSR count). The summed E-state index contributed by atoms with van der Waals surface area (Å²) in [6, 6.07) is 25.4. The van der Waals surface area contributed by atoms with Crippen molar-refractivity contribution in [3.05, 3.63) is 96.3 Å². The van der Waals surface area contributed by atoms with Crippen molar-refractivity contribution < 1.29 is 14.0 Å². The second-order valence-corrected chi connectivity index (χ2v) is 8.81. The lowest BCUT2D eigenvalue weighted by molar-refractivity contribution is -0.129. The Kier molecular flexibility index (Phi) is 7.52. The third kappa shape index (κ3) is 6.08. The molecular formula is C26H24FN3O2S. The van der Waals surface area contributed by atoms with E-state index in [1.54, 1.807) is 17.0 Å². The summed E-state index contributed by atoms with van der Waals surface area (Å²) in [4.78, 5) is 32.2. The van der Waals surface area contributed by atoms with Gasteiger partial charge in [0.1, 0.15) is 11.1 Å². The number of rotatable bonds is 7. The van der Waals surface area contributed by atoms with Gasteiger partial charge in [0.25, 0.3) is 0 Å². The predicted molar refractivity (Wildman–Crippen MR) is 131 cm³/mol. The maximum absolute atomic E-state index is 14.0. The van der Waals surface area contributed by atoms with E-state index < -0.39 is 17.0 Å². The van der Waals surface area contributed by atoms with E-state index in [1.807, 2.05) is 48.5 Å². The molecule has 5 nitrogen and oxygen atoms in total. The smallest absolute Gasteiger partial charge is 0.238 e. The van der Waals surface area contributed by atoms with E-state index in [9.17, 15) is 14.0 Å². The van der Waals surface area contributed by atoms with Crippen LogP contribution in [0.5, 0.6) is 0 Å². The number of amidine groups is 1. The highest BCUT2D eigenvalue weighted by Gasteiger charge is 2.35. The summed E-state index contributed by atoms with van der Waals surface area (Å²) < 4.78 is 14.0. The molecule has 1 saturated heterocycles. The van der Waals surface area contributed by atoms with Crippen molar-refractivity contribution in [3.8, 4) is 0 Å². The third-order valence-electron chi connectivity index (χ3n) is 5.23. The predicted octanol–water partition coefficient (Wildman–Crippen LogP) is 5.42. The topological polar surface area (TPSA) is 61.8 Å². The first-order chi connectivity index (χ1) is 16.1. The molecule has 1 aliphatic heterocycles. The number of hydrogen-bond donors (Lipinski definition) is 1. The van der Waals surface area contributed by atoms with Crippen LogP contribution in [0.1, 0.15) is 18.4 Å². The molecule has 3 aromatic carbocycles. The summed E-state index contributed by atoms with van der Waals surface area (Å²) in [5.74, 6) is -1.09. The number of benzene rings is 3. The van der Waals surface area contributed by atoms with Crippen molar-refractivity contribution in [2.75, 3.05) is 11.9 Å². The Labute approximate surface area is 196 Å². The molecule has 7 heteroatoms. The summed E-state index contributed by atoms with van der Waals surface area (Å²) in [5.41, 5.74) is 2.01. The van der Waals surface area contributed by atoms with Gasteiger partial charge < -0.3 is 5.32 Å². The minimum absolute atomic E-state index is 0.0318. The summed E-state index contributed by atoms with van der Waals surface area (Å²) in [7, 11) is 0. The normalized spacial score (nSPS) is 17.2. The molecule has 1 fully saturated rings. The second-order valence-electron chi connectivity index (χ2n) is 7.64. The standard InChI is InChI=1S/C26H24FN3O2S/c27-21-15-7-8-16-22(21)29-25(32)23-18-24(31)30(17-9-12-19-10-3-1-4-11-19)26(33-23)28-20-13-5-2-6-14-20/h1-8,10-11,13-16,23H,9,12,17-18H2,(H,29,32). The van der Waals surface area contributed by atoms with Crippen LogP contribution < -0.4 is 5.32 Å². The number of nitrogens with zero attached hydrogens (tertiary/aromatic N) is 2. The van der Waals surface area contributed by atoms with Gasteiger partial charge in [0.05, 0.1) is 11.4 Å². The molecule has 3 aromatic rings. The van der Waals surface area contributed by atoms with Crippen LogP contribution in [0.3, 0.4) is 0 Å². The Morgan fingerprint density at radius 1 is 1.00 bits per heavy atom. The zero-order valence-corrected chi connectivity index (χ0v) is 18.8. The number of amides is 2. The highest BCUT2D eigenvalue weighted by molar-refractivity contribution is 8.15. The van der Waals surface area contributed by atoms with Gasteiger partial charge in [-0.15, -0.1) is 0 Å². The van der Waals surface area contributed by atoms with Crippen LogP contribution in [0.2, 0.25) is 0 Å². The van der Waals surface area contributed by atoms with Crippen LogP contribution >= 0.6 is 11.8 Å². The fourth-order valence-corrected chi connectivity index (χ4v) is 4.66. The van der Waals surface area contributed by atoms with Gasteiger partial charge in [0.15, 0.2) is 5.17 Å². The average Bonchev–Trinajstić information content (AvgIpc) is 2.83. The first-order valence-corrected chi connectivity index (χ1v) is 11.7. The summed E-state index contributed by atoms with van der Waals surface area (Å²) in [6.45, 7) is 0.508. The van der Waals surface area contributed by atoms with Gasteiger partial charge in [0.2, 0.25) is 11.8 Å². The van der Waals surface area contributed by atoms with Crippen LogP contribution in [0, 0.1) is 5.82 Å². The monoisotopic (exact) mass is 461 g/mol. The third-order valence-corrected chi connectivity index (χ3v) is 6.42. The molecule has 1 aliphatic rings. The molecule has 0 aliphatic carbocycles. The largest absolute Gasteiger partial charge is 0.323 e. The van der Waals surface area contributed by atoms with Gasteiger partial charge in [-0.05, 0) is 42.7 Å². The first kappa shape index (κ1) is 22.7. The van der Waals surface area contributed by atoms with Gasteiger partial charge in [0, 0.05) is 13.0 Å². The Morgan fingerprint density at radius 3 is 2.39 bits per heavy atom. The highest BCUT2D eigenvalue weighted by Crippen LogP contribution is 2.30. The number of anilines is 1. The van der Waals surface area contributed by atoms with E-state index in [1.165, 1.54) is 29.5 Å². The highest BCUT2D eigenvalue weighted by atomic mass is 32.2. The molecule has 0 bridgehead atoms. The molecule has 0 spiro atoms. The lowest BCUT2D eigenvalue weighted by atomic mass is 10.1. The van der Waals surface area contributed by atoms with Crippen LogP contribution in [0.15, 0.2) is 89.9 Å². The van der Waals surface area contributed by atoms with E-state index in [0.717, 1.165) is 12.8 Å². The first-order valence-electron chi connectivity index (χ1n) is 10.8. The Morgan fingerprint density at radius 2 is 1.67 bits per heavy atom. The Hall–Kier alpha value is -3.45. The molecule has 2 amide bonds. The van der Waals surface area contributed by atoms with Crippen molar-refractivity contribution in [2.45, 2.75) is 24.5 Å². The van der Waals surface area contributed by atoms with Crippen molar-refractivity contribution >= 4 is 40.1 Å². The molecule has 1 heterocycles. The Bertz CT molecular complexity index is 1140. The van der Waals surface area contributed by atoms with Gasteiger partial charge in [-0.25, -0.2) is 9.38 Å². The SMILES string of the molecule is O=C(Nc1ccccc1F)C1CC(=O)N(CCCc2ccccc2)C(=Nc2ccccc2)S1. The van der Waals surface area contributed by atoms with E-state index >= 15 is 0 Å². The fourth-order valence-electron chi connectivity index (χ4n) is 3.54. The number of halogens is 1. The van der Waals surface area contributed by atoms with Crippen LogP contribution in [-0.2, 0) is 16.0 Å². The quantitative estimate of drug-likeness (QED) is 0.511. The molecule has 1 N–H and O–H groups in total. The molecular weight excluding hydrogens is 437 g/mol. The van der Waals surface area contributed by atoms with Crippen molar-refractivity contribution in [1.82, 2.24) is 4.90 Å². The molecule has 168 valence electrons. The molecule has 0 radical (unpaired) electrons. The number of para-hydroxylation sites is 2. The maximum Gasteiger partial charge on any atom is 0.238 e. The zero-order valence-electron chi connectivity index (χ0n) is 18.0. The minimum Gasteiger partial charge on any atom is -0.323 e. The number of nitrogens with one attached hydrogen (secondary N) is 1. The lowest BCUT2D eigenvalue weighted by Gasteiger charge is -2.32. The van der Waals surface area contributed by atoms with E-state index in [0.29, 0.717) is 17.4 Å². The maximum atomic E-state index is 14.0. The second kappa shape index (κ2) is 10.9. The number of thioether (sulfide) groups is 1. The fraction of sp³-hybridized carbons (Fsp3) is 0.192.